The smallest absolute Gasteiger partial charge is 0.248 e. The molecule has 2 heterocycles. The highest BCUT2D eigenvalue weighted by molar-refractivity contribution is 7.89. The summed E-state index contributed by atoms with van der Waals surface area (Å²) < 4.78 is 37.9. The molecule has 8 nitrogen and oxygen atoms in total. The second kappa shape index (κ2) is 10.5. The van der Waals surface area contributed by atoms with Crippen LogP contribution in [0.5, 0.6) is 0 Å². The van der Waals surface area contributed by atoms with Crippen molar-refractivity contribution < 1.29 is 22.4 Å². The molecule has 0 unspecified atom stereocenters. The molecule has 1 amide bonds. The number of ether oxygens (including phenoxy) is 1. The number of carbonyl (C=O) groups is 1. The van der Waals surface area contributed by atoms with Gasteiger partial charge in [0, 0.05) is 19.2 Å². The molecule has 33 heavy (non-hydrogen) atoms. The quantitative estimate of drug-likeness (QED) is 0.493. The minimum absolute atomic E-state index is 0.0725. The van der Waals surface area contributed by atoms with Crippen LogP contribution in [-0.2, 0) is 26.1 Å². The van der Waals surface area contributed by atoms with Crippen LogP contribution >= 0.6 is 0 Å². The van der Waals surface area contributed by atoms with E-state index in [1.54, 1.807) is 30.3 Å². The molecule has 1 aromatic heterocycles. The number of benzene rings is 2. The van der Waals surface area contributed by atoms with Crippen molar-refractivity contribution in [1.82, 2.24) is 4.72 Å². The molecule has 1 aliphatic heterocycles. The summed E-state index contributed by atoms with van der Waals surface area (Å²) in [5.41, 5.74) is 2.40. The lowest BCUT2D eigenvalue weighted by molar-refractivity contribution is -0.111. The molecule has 0 radical (unpaired) electrons. The first-order valence-corrected chi connectivity index (χ1v) is 12.0. The number of nitrogens with one attached hydrogen (secondary N) is 2. The fourth-order valence-corrected chi connectivity index (χ4v) is 4.42. The summed E-state index contributed by atoms with van der Waals surface area (Å²) in [6.07, 6.45) is 4.55. The number of rotatable bonds is 8. The van der Waals surface area contributed by atoms with Gasteiger partial charge in [0.2, 0.25) is 15.9 Å². The second-order valence-corrected chi connectivity index (χ2v) is 9.18. The summed E-state index contributed by atoms with van der Waals surface area (Å²) in [5, 5.41) is 2.92. The number of hydrogen-bond donors (Lipinski definition) is 2. The maximum absolute atomic E-state index is 12.5. The van der Waals surface area contributed by atoms with Gasteiger partial charge in [-0.3, -0.25) is 4.79 Å². The molecule has 1 aliphatic rings. The molecule has 0 spiro atoms. The van der Waals surface area contributed by atoms with E-state index < -0.39 is 10.0 Å². The van der Waals surface area contributed by atoms with Gasteiger partial charge in [-0.1, -0.05) is 24.3 Å². The molecular weight excluding hydrogens is 442 g/mol. The molecule has 172 valence electrons. The monoisotopic (exact) mass is 467 g/mol. The summed E-state index contributed by atoms with van der Waals surface area (Å²) in [5.74, 6) is 0.256. The first-order chi connectivity index (χ1) is 16.0. The zero-order valence-corrected chi connectivity index (χ0v) is 18.8. The van der Waals surface area contributed by atoms with Gasteiger partial charge in [-0.2, -0.15) is 0 Å². The number of furan rings is 1. The van der Waals surface area contributed by atoms with E-state index in [1.165, 1.54) is 24.5 Å². The molecule has 3 aromatic rings. The number of nitrogens with zero attached hydrogens (tertiary/aromatic N) is 1. The molecule has 2 aromatic carbocycles. The number of anilines is 2. The first-order valence-electron chi connectivity index (χ1n) is 10.5. The third kappa shape index (κ3) is 6.10. The number of para-hydroxylation sites is 2. The summed E-state index contributed by atoms with van der Waals surface area (Å²) in [7, 11) is -3.67. The Morgan fingerprint density at radius 3 is 2.48 bits per heavy atom. The van der Waals surface area contributed by atoms with Crippen molar-refractivity contribution in [1.29, 1.82) is 0 Å². The van der Waals surface area contributed by atoms with Crippen molar-refractivity contribution in [3.8, 4) is 0 Å². The molecule has 1 fully saturated rings. The van der Waals surface area contributed by atoms with Crippen LogP contribution in [0, 0.1) is 0 Å². The van der Waals surface area contributed by atoms with Crippen molar-refractivity contribution >= 4 is 33.4 Å². The molecule has 1 saturated heterocycles. The average Bonchev–Trinajstić information content (AvgIpc) is 3.37. The van der Waals surface area contributed by atoms with Gasteiger partial charge in [0.15, 0.2) is 0 Å². The molecule has 9 heteroatoms. The summed E-state index contributed by atoms with van der Waals surface area (Å²) in [6, 6.07) is 17.3. The van der Waals surface area contributed by atoms with Crippen molar-refractivity contribution in [3.63, 3.8) is 0 Å². The van der Waals surface area contributed by atoms with Crippen molar-refractivity contribution in [3.05, 3.63) is 84.3 Å². The van der Waals surface area contributed by atoms with Crippen LogP contribution < -0.4 is 14.9 Å². The van der Waals surface area contributed by atoms with Crippen LogP contribution in [-0.4, -0.2) is 40.6 Å². The lowest BCUT2D eigenvalue weighted by Gasteiger charge is -2.30. The fraction of sp³-hybridized carbons (Fsp3) is 0.208. The van der Waals surface area contributed by atoms with E-state index in [0.29, 0.717) is 24.5 Å². The Bertz CT molecular complexity index is 1200. The number of sulfonamides is 1. The molecule has 0 bridgehead atoms. The third-order valence-corrected chi connectivity index (χ3v) is 6.56. The Morgan fingerprint density at radius 1 is 1.00 bits per heavy atom. The zero-order valence-electron chi connectivity index (χ0n) is 17.9. The Hall–Kier alpha value is -3.40. The Labute approximate surface area is 192 Å². The van der Waals surface area contributed by atoms with E-state index in [9.17, 15) is 13.2 Å². The number of carbonyl (C=O) groups excluding carboxylic acids is 1. The largest absolute Gasteiger partial charge is 0.468 e. The lowest BCUT2D eigenvalue weighted by Crippen LogP contribution is -2.36. The maximum atomic E-state index is 12.5. The molecular formula is C24H25N3O5S. The minimum atomic E-state index is -3.67. The second-order valence-electron chi connectivity index (χ2n) is 7.41. The van der Waals surface area contributed by atoms with Gasteiger partial charge in [0.1, 0.15) is 5.76 Å². The van der Waals surface area contributed by atoms with Gasteiger partial charge < -0.3 is 19.4 Å². The number of amides is 1. The minimum Gasteiger partial charge on any atom is -0.468 e. The maximum Gasteiger partial charge on any atom is 0.248 e. The average molecular weight is 468 g/mol. The van der Waals surface area contributed by atoms with Crippen LogP contribution in [0.15, 0.2) is 82.3 Å². The summed E-state index contributed by atoms with van der Waals surface area (Å²) in [6.45, 7) is 2.93. The molecule has 0 atom stereocenters. The zero-order chi connectivity index (χ0) is 23.1. The van der Waals surface area contributed by atoms with Crippen molar-refractivity contribution in [2.75, 3.05) is 36.5 Å². The van der Waals surface area contributed by atoms with Gasteiger partial charge in [0.05, 0.1) is 42.3 Å². The van der Waals surface area contributed by atoms with Gasteiger partial charge in [-0.15, -0.1) is 0 Å². The van der Waals surface area contributed by atoms with Gasteiger partial charge >= 0.3 is 0 Å². The topological polar surface area (TPSA) is 101 Å². The number of hydrogen-bond acceptors (Lipinski definition) is 6. The van der Waals surface area contributed by atoms with E-state index in [2.05, 4.69) is 14.9 Å². The molecule has 2 N–H and O–H groups in total. The van der Waals surface area contributed by atoms with E-state index in [4.69, 9.17) is 9.15 Å². The van der Waals surface area contributed by atoms with Crippen LogP contribution in [0.25, 0.3) is 6.08 Å². The van der Waals surface area contributed by atoms with Gasteiger partial charge in [0.25, 0.3) is 0 Å². The van der Waals surface area contributed by atoms with Crippen molar-refractivity contribution in [2.24, 2.45) is 0 Å². The highest BCUT2D eigenvalue weighted by atomic mass is 32.2. The van der Waals surface area contributed by atoms with E-state index in [0.717, 1.165) is 24.5 Å². The van der Waals surface area contributed by atoms with Crippen LogP contribution in [0.3, 0.4) is 0 Å². The summed E-state index contributed by atoms with van der Waals surface area (Å²) >= 11 is 0. The van der Waals surface area contributed by atoms with Crippen molar-refractivity contribution in [2.45, 2.75) is 11.4 Å². The van der Waals surface area contributed by atoms with E-state index >= 15 is 0 Å². The predicted octanol–water partition coefficient (Wildman–Crippen LogP) is 3.25. The van der Waals surface area contributed by atoms with Gasteiger partial charge in [-0.05, 0) is 48.0 Å². The molecule has 0 saturated carbocycles. The first kappa shape index (κ1) is 22.8. The lowest BCUT2D eigenvalue weighted by atomic mass is 10.2. The van der Waals surface area contributed by atoms with E-state index in [1.807, 2.05) is 24.3 Å². The SMILES string of the molecule is O=C(C=Cc1ccc(S(=O)(=O)NCc2ccco2)cc1)Nc1ccccc1N1CCOCC1. The Morgan fingerprint density at radius 2 is 1.76 bits per heavy atom. The summed E-state index contributed by atoms with van der Waals surface area (Å²) in [4.78, 5) is 14.8. The standard InChI is InChI=1S/C24H25N3O5S/c28-24(26-22-5-1-2-6-23(22)27-13-16-31-17-14-27)12-9-19-7-10-21(11-8-19)33(29,30)25-18-20-4-3-15-32-20/h1-12,15,25H,13-14,16-18H2,(H,26,28). The highest BCUT2D eigenvalue weighted by Gasteiger charge is 2.16. The molecule has 0 aliphatic carbocycles. The van der Waals surface area contributed by atoms with E-state index in [-0.39, 0.29) is 17.3 Å². The molecule has 4 rings (SSSR count). The van der Waals surface area contributed by atoms with Crippen LogP contribution in [0.4, 0.5) is 11.4 Å². The Kier molecular flexibility index (Phi) is 7.23. The highest BCUT2D eigenvalue weighted by Crippen LogP contribution is 2.26. The normalized spacial score (nSPS) is 14.5. The fourth-order valence-electron chi connectivity index (χ4n) is 3.43. The van der Waals surface area contributed by atoms with Crippen LogP contribution in [0.2, 0.25) is 0 Å². The predicted molar refractivity (Wildman–Crippen MR) is 126 cm³/mol. The van der Waals surface area contributed by atoms with Crippen LogP contribution in [0.1, 0.15) is 11.3 Å². The third-order valence-electron chi connectivity index (χ3n) is 5.15. The number of morpholine rings is 1. The van der Waals surface area contributed by atoms with Gasteiger partial charge in [-0.25, -0.2) is 13.1 Å². The Balaban J connectivity index is 1.37.